The number of aliphatic carboxylic acids is 2. The molecule has 0 saturated carbocycles. The molecule has 0 fully saturated rings. The van der Waals surface area contributed by atoms with E-state index >= 15 is 0 Å². The first-order chi connectivity index (χ1) is 16.7. The number of nitrogens with zero attached hydrogens (tertiary/aromatic N) is 5. The Morgan fingerprint density at radius 1 is 1.14 bits per heavy atom. The van der Waals surface area contributed by atoms with Gasteiger partial charge in [0.1, 0.15) is 29.3 Å². The van der Waals surface area contributed by atoms with Gasteiger partial charge in [-0.15, -0.1) is 0 Å². The Labute approximate surface area is 202 Å². The van der Waals surface area contributed by atoms with Crippen molar-refractivity contribution >= 4 is 34.7 Å². The Morgan fingerprint density at radius 3 is 2.54 bits per heavy atom. The van der Waals surface area contributed by atoms with E-state index in [1.807, 2.05) is 25.4 Å². The Hall–Kier alpha value is -4.00. The highest BCUT2D eigenvalue weighted by atomic mass is 16.5. The summed E-state index contributed by atoms with van der Waals surface area (Å²) in [5.74, 6) is 0.0321. The number of H-pyrrole nitrogens is 1. The van der Waals surface area contributed by atoms with Crippen molar-refractivity contribution in [2.24, 2.45) is 0 Å². The summed E-state index contributed by atoms with van der Waals surface area (Å²) in [6, 6.07) is 2.00. The molecule has 35 heavy (non-hydrogen) atoms. The molecule has 0 spiro atoms. The smallest absolute Gasteiger partial charge is 0.300 e. The van der Waals surface area contributed by atoms with Gasteiger partial charge in [0, 0.05) is 65.4 Å². The van der Waals surface area contributed by atoms with E-state index in [1.54, 1.807) is 6.33 Å². The van der Waals surface area contributed by atoms with E-state index in [0.717, 1.165) is 62.6 Å². The second-order valence-corrected chi connectivity index (χ2v) is 7.40. The molecule has 13 nitrogen and oxygen atoms in total. The average molecular weight is 490 g/mol. The molecule has 0 bridgehead atoms. The Balaban J connectivity index is 0.000000473. The number of rotatable bonds is 6. The fourth-order valence-corrected chi connectivity index (χ4v) is 3.33. The Morgan fingerprint density at radius 2 is 1.86 bits per heavy atom. The fraction of sp³-hybridized carbons (Fsp3) is 0.455. The van der Waals surface area contributed by atoms with Gasteiger partial charge in [0.15, 0.2) is 0 Å². The van der Waals surface area contributed by atoms with Crippen molar-refractivity contribution in [2.75, 3.05) is 37.7 Å². The number of carboxylic acids is 2. The number of imidazole rings is 1. The molecule has 4 N–H and O–H groups in total. The van der Waals surface area contributed by atoms with Gasteiger partial charge in [0.2, 0.25) is 0 Å². The largest absolute Gasteiger partial charge is 0.481 e. The number of fused-ring (bicyclic) bond motifs is 2. The summed E-state index contributed by atoms with van der Waals surface area (Å²) in [5, 5.41) is 18.7. The van der Waals surface area contributed by atoms with Crippen molar-refractivity contribution in [3.8, 4) is 0 Å². The minimum atomic E-state index is -0.833. The summed E-state index contributed by atoms with van der Waals surface area (Å²) < 4.78 is 7.30. The summed E-state index contributed by atoms with van der Waals surface area (Å²) in [6.07, 6.45) is 6.05. The first-order valence-corrected chi connectivity index (χ1v) is 11.1. The predicted molar refractivity (Wildman–Crippen MR) is 127 cm³/mol. The lowest BCUT2D eigenvalue weighted by Crippen LogP contribution is -2.29. The first-order valence-electron chi connectivity index (χ1n) is 11.1. The molecule has 0 aliphatic carbocycles. The number of carboxylic acid groups (broad SMARTS) is 2. The van der Waals surface area contributed by atoms with Gasteiger partial charge in [0.25, 0.3) is 17.8 Å². The van der Waals surface area contributed by atoms with Crippen LogP contribution in [0.2, 0.25) is 0 Å². The third kappa shape index (κ3) is 8.70. The molecule has 0 atom stereocenters. The SMILES string of the molecule is CC(=O)O.CC(=O)O.CCOCCNC(=O)c1cn2c(n1)CCN(c1ncnc3[nH]ccc13)CC2. The van der Waals surface area contributed by atoms with Crippen molar-refractivity contribution in [3.05, 3.63) is 36.3 Å². The summed E-state index contributed by atoms with van der Waals surface area (Å²) in [4.78, 5) is 48.9. The van der Waals surface area contributed by atoms with Crippen molar-refractivity contribution < 1.29 is 29.3 Å². The highest BCUT2D eigenvalue weighted by molar-refractivity contribution is 5.92. The van der Waals surface area contributed by atoms with Gasteiger partial charge in [0.05, 0.1) is 12.0 Å². The number of amides is 1. The number of carbonyl (C=O) groups excluding carboxylic acids is 1. The minimum absolute atomic E-state index is 0.156. The lowest BCUT2D eigenvalue weighted by atomic mass is 10.3. The number of aromatic nitrogens is 5. The second kappa shape index (κ2) is 13.6. The van der Waals surface area contributed by atoms with Crippen LogP contribution in [0.15, 0.2) is 24.8 Å². The lowest BCUT2D eigenvalue weighted by molar-refractivity contribution is -0.135. The highest BCUT2D eigenvalue weighted by Crippen LogP contribution is 2.23. The summed E-state index contributed by atoms with van der Waals surface area (Å²) >= 11 is 0. The third-order valence-electron chi connectivity index (χ3n) is 4.68. The van der Waals surface area contributed by atoms with Crippen LogP contribution in [0.1, 0.15) is 37.1 Å². The molecule has 0 radical (unpaired) electrons. The second-order valence-electron chi connectivity index (χ2n) is 7.40. The standard InChI is InChI=1S/C18H23N7O2.2C2H4O2/c1-2-27-10-6-20-18(26)14-11-25-9-8-24(7-4-15(25)23-14)17-13-3-5-19-16(13)21-12-22-17;2*1-2(3)4/h3,5,11-12H,2,4,6-10H2,1H3,(H,20,26)(H,19,21,22);2*1H3,(H,3,4). The zero-order chi connectivity index (χ0) is 25.8. The molecule has 3 aromatic heterocycles. The van der Waals surface area contributed by atoms with E-state index in [1.165, 1.54) is 0 Å². The number of hydrogen-bond donors (Lipinski definition) is 4. The van der Waals surface area contributed by atoms with Crippen LogP contribution in [0.3, 0.4) is 0 Å². The zero-order valence-electron chi connectivity index (χ0n) is 20.0. The van der Waals surface area contributed by atoms with Gasteiger partial charge >= 0.3 is 0 Å². The van der Waals surface area contributed by atoms with Gasteiger partial charge < -0.3 is 34.7 Å². The molecule has 13 heteroatoms. The molecule has 0 saturated heterocycles. The van der Waals surface area contributed by atoms with Crippen LogP contribution in [0, 0.1) is 0 Å². The Bertz CT molecular complexity index is 1080. The maximum atomic E-state index is 12.2. The summed E-state index contributed by atoms with van der Waals surface area (Å²) in [5.41, 5.74) is 1.30. The monoisotopic (exact) mass is 489 g/mol. The van der Waals surface area contributed by atoms with E-state index in [2.05, 4.69) is 34.7 Å². The van der Waals surface area contributed by atoms with Crippen molar-refractivity contribution in [3.63, 3.8) is 0 Å². The highest BCUT2D eigenvalue weighted by Gasteiger charge is 2.21. The van der Waals surface area contributed by atoms with E-state index in [4.69, 9.17) is 24.5 Å². The summed E-state index contributed by atoms with van der Waals surface area (Å²) in [6.45, 7) is 8.09. The van der Waals surface area contributed by atoms with E-state index in [0.29, 0.717) is 25.5 Å². The molecule has 1 aliphatic heterocycles. The van der Waals surface area contributed by atoms with Crippen LogP contribution in [-0.4, -0.2) is 85.4 Å². The van der Waals surface area contributed by atoms with E-state index in [9.17, 15) is 4.79 Å². The van der Waals surface area contributed by atoms with Crippen LogP contribution in [0.5, 0.6) is 0 Å². The van der Waals surface area contributed by atoms with Crippen molar-refractivity contribution in [1.82, 2.24) is 29.8 Å². The van der Waals surface area contributed by atoms with Crippen molar-refractivity contribution in [2.45, 2.75) is 33.7 Å². The van der Waals surface area contributed by atoms with Gasteiger partial charge in [-0.2, -0.15) is 0 Å². The van der Waals surface area contributed by atoms with E-state index < -0.39 is 11.9 Å². The van der Waals surface area contributed by atoms with Gasteiger partial charge in [-0.3, -0.25) is 14.4 Å². The van der Waals surface area contributed by atoms with Crippen molar-refractivity contribution in [1.29, 1.82) is 0 Å². The van der Waals surface area contributed by atoms with Crippen LogP contribution in [0.4, 0.5) is 5.82 Å². The quantitative estimate of drug-likeness (QED) is 0.368. The average Bonchev–Trinajstić information content (AvgIpc) is 3.39. The molecule has 1 amide bonds. The molecule has 0 aromatic carbocycles. The number of carbonyl (C=O) groups is 3. The normalized spacial score (nSPS) is 12.4. The van der Waals surface area contributed by atoms with Gasteiger partial charge in [-0.25, -0.2) is 15.0 Å². The number of nitrogens with one attached hydrogen (secondary N) is 2. The summed E-state index contributed by atoms with van der Waals surface area (Å²) in [7, 11) is 0. The maximum Gasteiger partial charge on any atom is 0.300 e. The van der Waals surface area contributed by atoms with Crippen LogP contribution in [-0.2, 0) is 27.3 Å². The fourth-order valence-electron chi connectivity index (χ4n) is 3.33. The number of ether oxygens (including phenoxy) is 1. The number of aromatic amines is 1. The molecule has 190 valence electrons. The van der Waals surface area contributed by atoms with Crippen LogP contribution >= 0.6 is 0 Å². The molecule has 4 heterocycles. The molecule has 3 aromatic rings. The first kappa shape index (κ1) is 27.2. The van der Waals surface area contributed by atoms with Gasteiger partial charge in [-0.1, -0.05) is 0 Å². The number of anilines is 1. The van der Waals surface area contributed by atoms with E-state index in [-0.39, 0.29) is 5.91 Å². The predicted octanol–water partition coefficient (Wildman–Crippen LogP) is 1.17. The lowest BCUT2D eigenvalue weighted by Gasteiger charge is -2.21. The molecule has 0 unspecified atom stereocenters. The molecular weight excluding hydrogens is 458 g/mol. The molecule has 1 aliphatic rings. The van der Waals surface area contributed by atoms with Gasteiger partial charge in [-0.05, 0) is 13.0 Å². The number of hydrogen-bond acceptors (Lipinski definition) is 8. The minimum Gasteiger partial charge on any atom is -0.481 e. The maximum absolute atomic E-state index is 12.2. The molecular formula is C22H31N7O6. The van der Waals surface area contributed by atoms with Crippen LogP contribution in [0.25, 0.3) is 11.0 Å². The Kier molecular flexibility index (Phi) is 10.6. The topological polar surface area (TPSA) is 176 Å². The molecule has 4 rings (SSSR count). The van der Waals surface area contributed by atoms with Crippen LogP contribution < -0.4 is 10.2 Å². The third-order valence-corrected chi connectivity index (χ3v) is 4.68. The zero-order valence-corrected chi connectivity index (χ0v) is 20.0.